The van der Waals surface area contributed by atoms with Gasteiger partial charge in [0.05, 0.1) is 46.1 Å². The molecule has 2 aromatic carbocycles. The normalized spacial score (nSPS) is 16.0. The van der Waals surface area contributed by atoms with E-state index in [1.165, 1.54) is 0 Å². The van der Waals surface area contributed by atoms with E-state index in [1.54, 1.807) is 13.0 Å². The number of likely N-dealkylation sites (N-methyl/N-ethyl adjacent to an activating group) is 2. The fourth-order valence-electron chi connectivity index (χ4n) is 4.81. The first kappa shape index (κ1) is 36.7. The number of carbonyl (C=O) groups is 3. The van der Waals surface area contributed by atoms with Gasteiger partial charge in [-0.25, -0.2) is 0 Å². The van der Waals surface area contributed by atoms with Crippen LogP contribution < -0.4 is 16.0 Å². The SMILES string of the molecule is CCNC(=O)[C@H](O)[C@@H](O)C(=O)NCCOCCOCCOCCC(=O)Nc1cccc(C2CN(C)Cc3c(Cl)cc(Cl)cc32)c1. The van der Waals surface area contributed by atoms with Crippen LogP contribution in [0.25, 0.3) is 0 Å². The van der Waals surface area contributed by atoms with Gasteiger partial charge in [0.15, 0.2) is 12.2 Å². The van der Waals surface area contributed by atoms with Crippen molar-refractivity contribution in [3.8, 4) is 0 Å². The lowest BCUT2D eigenvalue weighted by Gasteiger charge is -2.33. The molecule has 14 heteroatoms. The Labute approximate surface area is 273 Å². The number of hydrogen-bond donors (Lipinski definition) is 5. The third-order valence-electron chi connectivity index (χ3n) is 7.02. The van der Waals surface area contributed by atoms with E-state index in [4.69, 9.17) is 37.4 Å². The lowest BCUT2D eigenvalue weighted by atomic mass is 9.84. The number of ether oxygens (including phenoxy) is 3. The second kappa shape index (κ2) is 19.0. The van der Waals surface area contributed by atoms with E-state index in [1.807, 2.05) is 30.3 Å². The van der Waals surface area contributed by atoms with Crippen molar-refractivity contribution < 1.29 is 38.8 Å². The molecule has 0 saturated carbocycles. The summed E-state index contributed by atoms with van der Waals surface area (Å²) in [6.45, 7) is 5.15. The van der Waals surface area contributed by atoms with Crippen molar-refractivity contribution in [2.75, 3.05) is 71.6 Å². The summed E-state index contributed by atoms with van der Waals surface area (Å²) in [6.07, 6.45) is -3.53. The molecule has 0 aliphatic carbocycles. The highest BCUT2D eigenvalue weighted by molar-refractivity contribution is 6.35. The number of aliphatic hydroxyl groups excluding tert-OH is 2. The second-order valence-electron chi connectivity index (χ2n) is 10.5. The van der Waals surface area contributed by atoms with Crippen LogP contribution in [-0.4, -0.2) is 111 Å². The summed E-state index contributed by atoms with van der Waals surface area (Å²) < 4.78 is 16.3. The Kier molecular flexibility index (Phi) is 15.5. The molecule has 1 heterocycles. The van der Waals surface area contributed by atoms with E-state index in [-0.39, 0.29) is 51.2 Å². The van der Waals surface area contributed by atoms with Crippen LogP contribution >= 0.6 is 23.2 Å². The Morgan fingerprint density at radius 1 is 0.933 bits per heavy atom. The van der Waals surface area contributed by atoms with E-state index in [0.717, 1.165) is 29.8 Å². The Balaban J connectivity index is 1.26. The van der Waals surface area contributed by atoms with Gasteiger partial charge in [0.1, 0.15) is 0 Å². The van der Waals surface area contributed by atoms with Gasteiger partial charge in [-0.1, -0.05) is 35.3 Å². The lowest BCUT2D eigenvalue weighted by Crippen LogP contribution is -2.49. The predicted octanol–water partition coefficient (Wildman–Crippen LogP) is 1.92. The monoisotopic (exact) mass is 668 g/mol. The topological polar surface area (TPSA) is 159 Å². The number of halogens is 2. The van der Waals surface area contributed by atoms with Gasteiger partial charge >= 0.3 is 0 Å². The highest BCUT2D eigenvalue weighted by atomic mass is 35.5. The molecule has 45 heavy (non-hydrogen) atoms. The molecule has 0 saturated heterocycles. The van der Waals surface area contributed by atoms with Crippen molar-refractivity contribution in [3.05, 3.63) is 63.1 Å². The molecule has 3 rings (SSSR count). The zero-order valence-electron chi connectivity index (χ0n) is 25.5. The van der Waals surface area contributed by atoms with E-state index in [2.05, 4.69) is 27.9 Å². The van der Waals surface area contributed by atoms with Crippen LogP contribution in [0.15, 0.2) is 36.4 Å². The molecule has 248 valence electrons. The van der Waals surface area contributed by atoms with Gasteiger partial charge in [-0.2, -0.15) is 0 Å². The van der Waals surface area contributed by atoms with Gasteiger partial charge in [0, 0.05) is 47.8 Å². The van der Waals surface area contributed by atoms with Crippen LogP contribution in [0, 0.1) is 0 Å². The molecule has 3 atom stereocenters. The van der Waals surface area contributed by atoms with Crippen LogP contribution in [0.1, 0.15) is 36.0 Å². The van der Waals surface area contributed by atoms with E-state index >= 15 is 0 Å². The molecule has 3 amide bonds. The molecule has 0 bridgehead atoms. The van der Waals surface area contributed by atoms with Crippen LogP contribution in [-0.2, 0) is 35.1 Å². The Morgan fingerprint density at radius 2 is 1.58 bits per heavy atom. The van der Waals surface area contributed by atoms with Crippen molar-refractivity contribution in [3.63, 3.8) is 0 Å². The largest absolute Gasteiger partial charge is 0.380 e. The van der Waals surface area contributed by atoms with Gasteiger partial charge in [0.2, 0.25) is 5.91 Å². The zero-order valence-corrected chi connectivity index (χ0v) is 27.0. The average molecular weight is 670 g/mol. The number of nitrogens with one attached hydrogen (secondary N) is 3. The maximum atomic E-state index is 12.5. The number of benzene rings is 2. The van der Waals surface area contributed by atoms with Gasteiger partial charge in [-0.3, -0.25) is 14.4 Å². The fourth-order valence-corrected chi connectivity index (χ4v) is 5.38. The molecule has 5 N–H and O–H groups in total. The van der Waals surface area contributed by atoms with Gasteiger partial charge in [-0.15, -0.1) is 0 Å². The molecule has 1 aliphatic heterocycles. The summed E-state index contributed by atoms with van der Waals surface area (Å²) in [5.74, 6) is -1.79. The minimum Gasteiger partial charge on any atom is -0.380 e. The summed E-state index contributed by atoms with van der Waals surface area (Å²) in [4.78, 5) is 38.0. The molecule has 12 nitrogen and oxygen atoms in total. The van der Waals surface area contributed by atoms with Crippen LogP contribution in [0.3, 0.4) is 0 Å². The van der Waals surface area contributed by atoms with E-state index in [9.17, 15) is 24.6 Å². The van der Waals surface area contributed by atoms with Crippen molar-refractivity contribution >= 4 is 46.6 Å². The van der Waals surface area contributed by atoms with Crippen molar-refractivity contribution in [1.82, 2.24) is 15.5 Å². The first-order valence-corrected chi connectivity index (χ1v) is 15.6. The highest BCUT2D eigenvalue weighted by Gasteiger charge is 2.30. The number of anilines is 1. The third kappa shape index (κ3) is 11.8. The Morgan fingerprint density at radius 3 is 2.27 bits per heavy atom. The van der Waals surface area contributed by atoms with Crippen LogP contribution in [0.2, 0.25) is 10.0 Å². The molecule has 1 unspecified atom stereocenters. The summed E-state index contributed by atoms with van der Waals surface area (Å²) in [6, 6.07) is 11.5. The fraction of sp³-hybridized carbons (Fsp3) is 0.516. The average Bonchev–Trinajstić information content (AvgIpc) is 3.01. The molecular weight excluding hydrogens is 627 g/mol. The Hall–Kier alpha value is -2.81. The first-order valence-electron chi connectivity index (χ1n) is 14.8. The molecule has 0 aromatic heterocycles. The molecule has 0 spiro atoms. The number of hydrogen-bond acceptors (Lipinski definition) is 9. The second-order valence-corrected chi connectivity index (χ2v) is 11.4. The van der Waals surface area contributed by atoms with Gasteiger partial charge in [0.25, 0.3) is 11.8 Å². The quantitative estimate of drug-likeness (QED) is 0.150. The molecule has 1 aliphatic rings. The number of nitrogens with zero attached hydrogens (tertiary/aromatic N) is 1. The summed E-state index contributed by atoms with van der Waals surface area (Å²) in [5, 5.41) is 28.3. The number of aliphatic hydroxyl groups is 2. The highest BCUT2D eigenvalue weighted by Crippen LogP contribution is 2.38. The van der Waals surface area contributed by atoms with Gasteiger partial charge in [-0.05, 0) is 54.9 Å². The standard InChI is InChI=1S/C31H42Cl2N4O8/c1-3-34-30(41)28(39)29(40)31(42)35-8-10-44-12-14-45-13-11-43-9-7-27(38)36-22-6-4-5-20(15-22)24-18-37(2)19-25-23(24)16-21(32)17-26(25)33/h4-6,15-17,24,28-29,39-40H,3,7-14,18-19H2,1-2H3,(H,34,41)(H,35,42)(H,36,38)/t24?,28-,29-/m1/s1. The number of amides is 3. The number of fused-ring (bicyclic) bond motifs is 1. The van der Waals surface area contributed by atoms with E-state index < -0.39 is 24.0 Å². The minimum absolute atomic E-state index is 0.0709. The first-order chi connectivity index (χ1) is 21.6. The van der Waals surface area contributed by atoms with E-state index in [0.29, 0.717) is 35.6 Å². The molecule has 0 radical (unpaired) electrons. The predicted molar refractivity (Wildman–Crippen MR) is 170 cm³/mol. The molecule has 0 fully saturated rings. The van der Waals surface area contributed by atoms with Crippen molar-refractivity contribution in [1.29, 1.82) is 0 Å². The smallest absolute Gasteiger partial charge is 0.252 e. The summed E-state index contributed by atoms with van der Waals surface area (Å²) >= 11 is 12.8. The van der Waals surface area contributed by atoms with Gasteiger partial charge < -0.3 is 45.3 Å². The molecular formula is C31H42Cl2N4O8. The Bertz CT molecular complexity index is 1280. The number of carbonyl (C=O) groups excluding carboxylic acids is 3. The minimum atomic E-state index is -1.87. The lowest BCUT2D eigenvalue weighted by molar-refractivity contribution is -0.146. The molecule has 2 aromatic rings. The van der Waals surface area contributed by atoms with Crippen LogP contribution in [0.5, 0.6) is 0 Å². The van der Waals surface area contributed by atoms with Crippen LogP contribution in [0.4, 0.5) is 5.69 Å². The van der Waals surface area contributed by atoms with Crippen molar-refractivity contribution in [2.24, 2.45) is 0 Å². The third-order valence-corrected chi connectivity index (χ3v) is 7.57. The summed E-state index contributed by atoms with van der Waals surface area (Å²) in [7, 11) is 2.05. The zero-order chi connectivity index (χ0) is 32.8. The van der Waals surface area contributed by atoms with Crippen molar-refractivity contribution in [2.45, 2.75) is 38.0 Å². The maximum Gasteiger partial charge on any atom is 0.252 e. The maximum absolute atomic E-state index is 12.5. The summed E-state index contributed by atoms with van der Waals surface area (Å²) in [5.41, 5.74) is 3.94. The number of rotatable bonds is 18.